The number of hydrogen-bond donors (Lipinski definition) is 2. The van der Waals surface area contributed by atoms with Crippen molar-refractivity contribution in [1.82, 2.24) is 5.32 Å². The monoisotopic (exact) mass is 275 g/mol. The molecule has 0 saturated heterocycles. The molecule has 1 amide bonds. The van der Waals surface area contributed by atoms with E-state index in [9.17, 15) is 9.59 Å². The highest BCUT2D eigenvalue weighted by atomic mass is 16.4. The van der Waals surface area contributed by atoms with Crippen molar-refractivity contribution in [2.24, 2.45) is 5.92 Å². The van der Waals surface area contributed by atoms with Crippen LogP contribution in [0.4, 0.5) is 0 Å². The third kappa shape index (κ3) is 3.38. The molecular formula is C16H21NO3. The largest absolute Gasteiger partial charge is 0.481 e. The Morgan fingerprint density at radius 3 is 2.75 bits per heavy atom. The molecule has 2 N–H and O–H groups in total. The van der Waals surface area contributed by atoms with Crippen molar-refractivity contribution in [1.29, 1.82) is 0 Å². The number of rotatable bonds is 4. The summed E-state index contributed by atoms with van der Waals surface area (Å²) in [6.07, 6.45) is 2.60. The highest BCUT2D eigenvalue weighted by Crippen LogP contribution is 2.26. The summed E-state index contributed by atoms with van der Waals surface area (Å²) in [5, 5.41) is 12.0. The first-order valence-electron chi connectivity index (χ1n) is 7.05. The van der Waals surface area contributed by atoms with Crippen LogP contribution < -0.4 is 5.32 Å². The Morgan fingerprint density at radius 1 is 1.30 bits per heavy atom. The van der Waals surface area contributed by atoms with E-state index in [1.54, 1.807) is 0 Å². The number of hydrogen-bond acceptors (Lipinski definition) is 2. The van der Waals surface area contributed by atoms with Gasteiger partial charge in [-0.25, -0.2) is 0 Å². The molecule has 20 heavy (non-hydrogen) atoms. The molecule has 2 rings (SSSR count). The zero-order valence-electron chi connectivity index (χ0n) is 12.0. The Morgan fingerprint density at radius 2 is 2.05 bits per heavy atom. The highest BCUT2D eigenvalue weighted by molar-refractivity contribution is 5.80. The van der Waals surface area contributed by atoms with E-state index in [2.05, 4.69) is 5.32 Å². The van der Waals surface area contributed by atoms with E-state index in [0.717, 1.165) is 29.5 Å². The number of carbonyl (C=O) groups excluding carboxylic acids is 1. The summed E-state index contributed by atoms with van der Waals surface area (Å²) in [7, 11) is 0. The number of carboxylic acid groups (broad SMARTS) is 1. The number of carboxylic acids is 1. The third-order valence-electron chi connectivity index (χ3n) is 4.04. The lowest BCUT2D eigenvalue weighted by molar-refractivity contribution is -0.142. The fourth-order valence-corrected chi connectivity index (χ4v) is 2.85. The number of nitrogens with one attached hydrogen (secondary N) is 1. The van der Waals surface area contributed by atoms with Gasteiger partial charge in [-0.05, 0) is 37.8 Å². The molecule has 0 bridgehead atoms. The summed E-state index contributed by atoms with van der Waals surface area (Å²) < 4.78 is 0. The van der Waals surface area contributed by atoms with Crippen LogP contribution in [0.1, 0.15) is 36.0 Å². The van der Waals surface area contributed by atoms with E-state index < -0.39 is 11.9 Å². The van der Waals surface area contributed by atoms with Gasteiger partial charge in [0.25, 0.3) is 0 Å². The molecule has 1 aromatic carbocycles. The second-order valence-electron chi connectivity index (χ2n) is 5.66. The maximum Gasteiger partial charge on any atom is 0.308 e. The third-order valence-corrected chi connectivity index (χ3v) is 4.04. The molecule has 0 unspecified atom stereocenters. The molecule has 1 fully saturated rings. The van der Waals surface area contributed by atoms with Gasteiger partial charge < -0.3 is 10.4 Å². The molecule has 1 aliphatic rings. The molecule has 4 nitrogen and oxygen atoms in total. The Bertz CT molecular complexity index is 524. The smallest absolute Gasteiger partial charge is 0.308 e. The molecule has 0 radical (unpaired) electrons. The first-order chi connectivity index (χ1) is 9.47. The number of aryl methyl sites for hydroxylation is 2. The van der Waals surface area contributed by atoms with Crippen molar-refractivity contribution in [2.75, 3.05) is 0 Å². The standard InChI is InChI=1S/C16H21NO3/c1-10-6-7-11(2)12(8-10)9-15(18)17-14-5-3-4-13(14)16(19)20/h6-8,13-14H,3-5,9H2,1-2H3,(H,17,18)(H,19,20)/t13-,14+/m0/s1. The van der Waals surface area contributed by atoms with Gasteiger partial charge >= 0.3 is 5.97 Å². The summed E-state index contributed by atoms with van der Waals surface area (Å²) in [4.78, 5) is 23.2. The Balaban J connectivity index is 1.99. The number of carbonyl (C=O) groups is 2. The van der Waals surface area contributed by atoms with E-state index in [-0.39, 0.29) is 11.9 Å². The maximum absolute atomic E-state index is 12.1. The first-order valence-corrected chi connectivity index (χ1v) is 7.05. The van der Waals surface area contributed by atoms with Crippen molar-refractivity contribution in [3.63, 3.8) is 0 Å². The van der Waals surface area contributed by atoms with Crippen molar-refractivity contribution < 1.29 is 14.7 Å². The Kier molecular flexibility index (Phi) is 4.42. The fourth-order valence-electron chi connectivity index (χ4n) is 2.85. The van der Waals surface area contributed by atoms with Crippen molar-refractivity contribution in [3.05, 3.63) is 34.9 Å². The topological polar surface area (TPSA) is 66.4 Å². The quantitative estimate of drug-likeness (QED) is 0.885. The summed E-state index contributed by atoms with van der Waals surface area (Å²) in [5.41, 5.74) is 3.22. The Labute approximate surface area is 119 Å². The molecule has 2 atom stereocenters. The van der Waals surface area contributed by atoms with Crippen molar-refractivity contribution in [2.45, 2.75) is 45.6 Å². The lowest BCUT2D eigenvalue weighted by Gasteiger charge is -2.18. The number of benzene rings is 1. The minimum atomic E-state index is -0.806. The molecule has 0 aromatic heterocycles. The van der Waals surface area contributed by atoms with E-state index in [1.165, 1.54) is 0 Å². The van der Waals surface area contributed by atoms with Crippen molar-refractivity contribution in [3.8, 4) is 0 Å². The van der Waals surface area contributed by atoms with E-state index in [4.69, 9.17) is 5.11 Å². The Hall–Kier alpha value is -1.84. The molecule has 0 aliphatic heterocycles. The molecule has 1 aliphatic carbocycles. The maximum atomic E-state index is 12.1. The van der Waals surface area contributed by atoms with Gasteiger partial charge in [0.05, 0.1) is 12.3 Å². The minimum absolute atomic E-state index is 0.0862. The van der Waals surface area contributed by atoms with Gasteiger partial charge in [0.2, 0.25) is 5.91 Å². The van der Waals surface area contributed by atoms with Crippen LogP contribution in [0.25, 0.3) is 0 Å². The van der Waals surface area contributed by atoms with Crippen LogP contribution in [0.3, 0.4) is 0 Å². The highest BCUT2D eigenvalue weighted by Gasteiger charge is 2.33. The molecule has 108 valence electrons. The number of amides is 1. The lowest BCUT2D eigenvalue weighted by Crippen LogP contribution is -2.40. The molecule has 1 saturated carbocycles. The normalized spacial score (nSPS) is 21.7. The van der Waals surface area contributed by atoms with Crippen LogP contribution in [0.2, 0.25) is 0 Å². The van der Waals surface area contributed by atoms with E-state index >= 15 is 0 Å². The van der Waals surface area contributed by atoms with Crippen LogP contribution in [0, 0.1) is 19.8 Å². The van der Waals surface area contributed by atoms with E-state index in [0.29, 0.717) is 12.8 Å². The summed E-state index contributed by atoms with van der Waals surface area (Å²) in [5.74, 6) is -1.33. The molecule has 0 heterocycles. The van der Waals surface area contributed by atoms with Gasteiger partial charge in [0, 0.05) is 6.04 Å². The SMILES string of the molecule is Cc1ccc(C)c(CC(=O)N[C@@H]2CCC[C@@H]2C(=O)O)c1. The van der Waals surface area contributed by atoms with Crippen LogP contribution in [0.5, 0.6) is 0 Å². The van der Waals surface area contributed by atoms with Gasteiger partial charge in [0.1, 0.15) is 0 Å². The molecule has 1 aromatic rings. The van der Waals surface area contributed by atoms with Crippen LogP contribution >= 0.6 is 0 Å². The van der Waals surface area contributed by atoms with Gasteiger partial charge in [-0.3, -0.25) is 9.59 Å². The molecule has 0 spiro atoms. The zero-order chi connectivity index (χ0) is 14.7. The van der Waals surface area contributed by atoms with Gasteiger partial charge in [-0.1, -0.05) is 30.2 Å². The first kappa shape index (κ1) is 14.6. The number of aliphatic carboxylic acids is 1. The molecular weight excluding hydrogens is 254 g/mol. The zero-order valence-corrected chi connectivity index (χ0v) is 12.0. The summed E-state index contributed by atoms with van der Waals surface area (Å²) >= 11 is 0. The predicted octanol–water partition coefficient (Wildman–Crippen LogP) is 2.22. The second kappa shape index (κ2) is 6.07. The van der Waals surface area contributed by atoms with Crippen LogP contribution in [-0.2, 0) is 16.0 Å². The lowest BCUT2D eigenvalue weighted by atomic mass is 10.0. The predicted molar refractivity (Wildman–Crippen MR) is 76.5 cm³/mol. The van der Waals surface area contributed by atoms with E-state index in [1.807, 2.05) is 32.0 Å². The molecule has 4 heteroatoms. The van der Waals surface area contributed by atoms with Gasteiger partial charge in [0.15, 0.2) is 0 Å². The average Bonchev–Trinajstić information content (AvgIpc) is 2.82. The van der Waals surface area contributed by atoms with Crippen LogP contribution in [-0.4, -0.2) is 23.0 Å². The second-order valence-corrected chi connectivity index (χ2v) is 5.66. The summed E-state index contributed by atoms with van der Waals surface area (Å²) in [6, 6.07) is 5.82. The average molecular weight is 275 g/mol. The van der Waals surface area contributed by atoms with Crippen LogP contribution in [0.15, 0.2) is 18.2 Å². The summed E-state index contributed by atoms with van der Waals surface area (Å²) in [6.45, 7) is 3.98. The van der Waals surface area contributed by atoms with Crippen molar-refractivity contribution >= 4 is 11.9 Å². The minimum Gasteiger partial charge on any atom is -0.481 e. The van der Waals surface area contributed by atoms with Gasteiger partial charge in [-0.15, -0.1) is 0 Å². The van der Waals surface area contributed by atoms with Gasteiger partial charge in [-0.2, -0.15) is 0 Å². The fraction of sp³-hybridized carbons (Fsp3) is 0.500.